The van der Waals surface area contributed by atoms with Crippen LogP contribution in [-0.4, -0.2) is 34.5 Å². The van der Waals surface area contributed by atoms with Gasteiger partial charge in [0.1, 0.15) is 0 Å². The number of hydrogen-bond acceptors (Lipinski definition) is 5. The number of carbonyl (C=O) groups excluding carboxylic acids is 2. The fourth-order valence-corrected chi connectivity index (χ4v) is 2.71. The van der Waals surface area contributed by atoms with Crippen LogP contribution in [0.3, 0.4) is 0 Å². The zero-order valence-electron chi connectivity index (χ0n) is 13.1. The normalized spacial score (nSPS) is 10.9. The molecule has 0 saturated heterocycles. The predicted octanol–water partition coefficient (Wildman–Crippen LogP) is 1.63. The minimum absolute atomic E-state index is 0.0523. The molecule has 0 unspecified atom stereocenters. The van der Waals surface area contributed by atoms with E-state index >= 15 is 0 Å². The van der Waals surface area contributed by atoms with Crippen LogP contribution >= 0.6 is 0 Å². The van der Waals surface area contributed by atoms with Crippen molar-refractivity contribution in [2.75, 3.05) is 19.5 Å². The predicted molar refractivity (Wildman–Crippen MR) is 88.4 cm³/mol. The number of ether oxygens (including phenoxy) is 1. The number of carbonyl (C=O) groups is 2. The number of amides is 1. The van der Waals surface area contributed by atoms with E-state index in [1.54, 1.807) is 18.2 Å². The van der Waals surface area contributed by atoms with Gasteiger partial charge in [-0.05, 0) is 43.4 Å². The molecule has 0 fully saturated rings. The fourth-order valence-electron chi connectivity index (χ4n) is 1.98. The summed E-state index contributed by atoms with van der Waals surface area (Å²) in [6, 6.07) is 11.9. The molecule has 0 bridgehead atoms. The van der Waals surface area contributed by atoms with Gasteiger partial charge in [-0.25, -0.2) is 17.9 Å². The highest BCUT2D eigenvalue weighted by molar-refractivity contribution is 7.89. The Bertz CT molecular complexity index is 860. The van der Waals surface area contributed by atoms with Gasteiger partial charge < -0.3 is 10.1 Å². The number of hydrogen-bond donors (Lipinski definition) is 2. The lowest BCUT2D eigenvalue weighted by molar-refractivity contribution is 0.0602. The van der Waals surface area contributed by atoms with Crippen molar-refractivity contribution in [3.8, 4) is 0 Å². The van der Waals surface area contributed by atoms with E-state index < -0.39 is 21.9 Å². The maximum absolute atomic E-state index is 12.3. The molecule has 8 heteroatoms. The number of methoxy groups -OCH3 is 1. The second-order valence-corrected chi connectivity index (χ2v) is 6.61. The van der Waals surface area contributed by atoms with Crippen molar-refractivity contribution in [2.45, 2.75) is 4.90 Å². The van der Waals surface area contributed by atoms with Crippen LogP contribution in [0.4, 0.5) is 5.69 Å². The third-order valence-corrected chi connectivity index (χ3v) is 4.71. The van der Waals surface area contributed by atoms with Crippen LogP contribution in [0.15, 0.2) is 53.4 Å². The SMILES string of the molecule is CNS(=O)(=O)c1ccc(C(=O)Nc2ccccc2C(=O)OC)cc1. The molecular weight excluding hydrogens is 332 g/mol. The van der Waals surface area contributed by atoms with Gasteiger partial charge in [-0.2, -0.15) is 0 Å². The first-order chi connectivity index (χ1) is 11.4. The summed E-state index contributed by atoms with van der Waals surface area (Å²) in [4.78, 5) is 24.0. The van der Waals surface area contributed by atoms with Crippen molar-refractivity contribution < 1.29 is 22.7 Å². The molecule has 2 aromatic carbocycles. The van der Waals surface area contributed by atoms with Crippen molar-refractivity contribution in [2.24, 2.45) is 0 Å². The van der Waals surface area contributed by atoms with E-state index in [2.05, 4.69) is 14.8 Å². The van der Waals surface area contributed by atoms with Gasteiger partial charge in [0.25, 0.3) is 5.91 Å². The van der Waals surface area contributed by atoms with E-state index in [-0.39, 0.29) is 16.0 Å². The first-order valence-corrected chi connectivity index (χ1v) is 8.39. The molecular formula is C16H16N2O5S. The molecule has 0 radical (unpaired) electrons. The second kappa shape index (κ2) is 7.24. The molecule has 0 aromatic heterocycles. The Morgan fingerprint density at radius 1 is 1.00 bits per heavy atom. The Hall–Kier alpha value is -2.71. The van der Waals surface area contributed by atoms with E-state index in [0.29, 0.717) is 5.69 Å². The molecule has 0 aliphatic carbocycles. The number of para-hydroxylation sites is 1. The Balaban J connectivity index is 2.24. The average Bonchev–Trinajstić information content (AvgIpc) is 2.61. The minimum atomic E-state index is -3.56. The molecule has 0 spiro atoms. The van der Waals surface area contributed by atoms with Crippen LogP contribution in [-0.2, 0) is 14.8 Å². The molecule has 0 aliphatic heterocycles. The van der Waals surface area contributed by atoms with Gasteiger partial charge in [0.2, 0.25) is 10.0 Å². The van der Waals surface area contributed by atoms with Crippen molar-refractivity contribution in [1.29, 1.82) is 0 Å². The van der Waals surface area contributed by atoms with Crippen molar-refractivity contribution in [1.82, 2.24) is 4.72 Å². The highest BCUT2D eigenvalue weighted by Crippen LogP contribution is 2.18. The standard InChI is InChI=1S/C16H16N2O5S/c1-17-24(21,22)12-9-7-11(8-10-12)15(19)18-14-6-4-3-5-13(14)16(20)23-2/h3-10,17H,1-2H3,(H,18,19). The van der Waals surface area contributed by atoms with Crippen LogP contribution in [0.25, 0.3) is 0 Å². The largest absolute Gasteiger partial charge is 0.465 e. The summed E-state index contributed by atoms with van der Waals surface area (Å²) in [5.74, 6) is -1.04. The van der Waals surface area contributed by atoms with Gasteiger partial charge in [-0.3, -0.25) is 4.79 Å². The van der Waals surface area contributed by atoms with E-state index in [9.17, 15) is 18.0 Å². The van der Waals surface area contributed by atoms with E-state index in [1.807, 2.05) is 0 Å². The van der Waals surface area contributed by atoms with Crippen LogP contribution in [0, 0.1) is 0 Å². The van der Waals surface area contributed by atoms with Crippen LogP contribution in [0.1, 0.15) is 20.7 Å². The van der Waals surface area contributed by atoms with Crippen molar-refractivity contribution in [3.05, 3.63) is 59.7 Å². The summed E-state index contributed by atoms with van der Waals surface area (Å²) in [7, 11) is -1.01. The molecule has 2 N–H and O–H groups in total. The van der Waals surface area contributed by atoms with Crippen LogP contribution in [0.5, 0.6) is 0 Å². The molecule has 0 saturated carbocycles. The third kappa shape index (κ3) is 3.79. The number of benzene rings is 2. The summed E-state index contributed by atoms with van der Waals surface area (Å²) in [6.45, 7) is 0. The minimum Gasteiger partial charge on any atom is -0.465 e. The molecule has 2 aromatic rings. The maximum atomic E-state index is 12.3. The van der Waals surface area contributed by atoms with Crippen LogP contribution in [0.2, 0.25) is 0 Å². The molecule has 0 atom stereocenters. The lowest BCUT2D eigenvalue weighted by Gasteiger charge is -2.10. The topological polar surface area (TPSA) is 102 Å². The van der Waals surface area contributed by atoms with Gasteiger partial charge in [-0.15, -0.1) is 0 Å². The highest BCUT2D eigenvalue weighted by atomic mass is 32.2. The molecule has 2 rings (SSSR count). The van der Waals surface area contributed by atoms with Crippen molar-refractivity contribution >= 4 is 27.6 Å². The summed E-state index contributed by atoms with van der Waals surface area (Å²) in [5, 5.41) is 2.61. The Kier molecular flexibility index (Phi) is 5.32. The number of rotatable bonds is 5. The number of anilines is 1. The van der Waals surface area contributed by atoms with E-state index in [1.165, 1.54) is 44.5 Å². The lowest BCUT2D eigenvalue weighted by atomic mass is 10.1. The summed E-state index contributed by atoms with van der Waals surface area (Å²) in [5.41, 5.74) is 0.786. The molecule has 0 heterocycles. The smallest absolute Gasteiger partial charge is 0.339 e. The van der Waals surface area contributed by atoms with Gasteiger partial charge in [0, 0.05) is 5.56 Å². The first-order valence-electron chi connectivity index (χ1n) is 6.91. The Morgan fingerprint density at radius 3 is 2.21 bits per heavy atom. The zero-order chi connectivity index (χ0) is 17.7. The molecule has 0 aliphatic rings. The number of nitrogens with one attached hydrogen (secondary N) is 2. The number of esters is 1. The van der Waals surface area contributed by atoms with Gasteiger partial charge in [0.05, 0.1) is 23.3 Å². The molecule has 126 valence electrons. The van der Waals surface area contributed by atoms with Gasteiger partial charge >= 0.3 is 5.97 Å². The quantitative estimate of drug-likeness (QED) is 0.800. The van der Waals surface area contributed by atoms with Crippen LogP contribution < -0.4 is 10.0 Å². The fraction of sp³-hybridized carbons (Fsp3) is 0.125. The van der Waals surface area contributed by atoms with E-state index in [0.717, 1.165) is 0 Å². The van der Waals surface area contributed by atoms with Crippen molar-refractivity contribution in [3.63, 3.8) is 0 Å². The molecule has 24 heavy (non-hydrogen) atoms. The van der Waals surface area contributed by atoms with E-state index in [4.69, 9.17) is 0 Å². The maximum Gasteiger partial charge on any atom is 0.339 e. The zero-order valence-corrected chi connectivity index (χ0v) is 13.9. The summed E-state index contributed by atoms with van der Waals surface area (Å²) in [6.07, 6.45) is 0. The monoisotopic (exact) mass is 348 g/mol. The van der Waals surface area contributed by atoms with Gasteiger partial charge in [-0.1, -0.05) is 12.1 Å². The first kappa shape index (κ1) is 17.6. The lowest BCUT2D eigenvalue weighted by Crippen LogP contribution is -2.19. The summed E-state index contributed by atoms with van der Waals surface area (Å²) < 4.78 is 30.2. The Labute approximate surface area is 139 Å². The number of sulfonamides is 1. The summed E-state index contributed by atoms with van der Waals surface area (Å²) >= 11 is 0. The second-order valence-electron chi connectivity index (χ2n) is 4.72. The molecule has 1 amide bonds. The molecule has 7 nitrogen and oxygen atoms in total. The Morgan fingerprint density at radius 2 is 1.62 bits per heavy atom. The van der Waals surface area contributed by atoms with Gasteiger partial charge in [0.15, 0.2) is 0 Å². The third-order valence-electron chi connectivity index (χ3n) is 3.28. The average molecular weight is 348 g/mol. The highest BCUT2D eigenvalue weighted by Gasteiger charge is 2.16.